The molecule has 1 N–H and O–H groups in total. The summed E-state index contributed by atoms with van der Waals surface area (Å²) in [5.41, 5.74) is 3.78. The Bertz CT molecular complexity index is 727. The number of amides is 2. The molecule has 1 heterocycles. The van der Waals surface area contributed by atoms with Gasteiger partial charge in [-0.25, -0.2) is 4.79 Å². The first kappa shape index (κ1) is 17.3. The van der Waals surface area contributed by atoms with Crippen LogP contribution in [0.4, 0.5) is 4.79 Å². The van der Waals surface area contributed by atoms with Crippen molar-refractivity contribution in [3.63, 3.8) is 0 Å². The Morgan fingerprint density at radius 1 is 1.12 bits per heavy atom. The lowest BCUT2D eigenvalue weighted by atomic mass is 10.0. The van der Waals surface area contributed by atoms with E-state index in [1.54, 1.807) is 0 Å². The van der Waals surface area contributed by atoms with Crippen molar-refractivity contribution in [2.24, 2.45) is 0 Å². The maximum Gasteiger partial charge on any atom is 0.317 e. The molecule has 2 aromatic carbocycles. The Balaban J connectivity index is 1.46. The minimum absolute atomic E-state index is 0.0183. The zero-order valence-electron chi connectivity index (χ0n) is 15.0. The van der Waals surface area contributed by atoms with Crippen LogP contribution in [-0.2, 0) is 13.0 Å². The van der Waals surface area contributed by atoms with Gasteiger partial charge in [0.1, 0.15) is 12.4 Å². The third kappa shape index (κ3) is 4.32. The summed E-state index contributed by atoms with van der Waals surface area (Å²) < 4.78 is 5.86. The van der Waals surface area contributed by atoms with Crippen molar-refractivity contribution in [3.8, 4) is 5.75 Å². The third-order valence-corrected chi connectivity index (χ3v) is 4.59. The summed E-state index contributed by atoms with van der Waals surface area (Å²) in [6, 6.07) is 16.4. The summed E-state index contributed by atoms with van der Waals surface area (Å²) in [6.45, 7) is 6.72. The summed E-state index contributed by atoms with van der Waals surface area (Å²) in [6.07, 6.45) is 0.919. The molecule has 4 nitrogen and oxygen atoms in total. The fourth-order valence-corrected chi connectivity index (χ4v) is 3.19. The Morgan fingerprint density at radius 2 is 1.84 bits per heavy atom. The van der Waals surface area contributed by atoms with Crippen molar-refractivity contribution in [2.75, 3.05) is 19.7 Å². The molecule has 3 rings (SSSR count). The zero-order valence-corrected chi connectivity index (χ0v) is 15.0. The number of fused-ring (bicyclic) bond motifs is 1. The molecule has 0 unspecified atom stereocenters. The molecule has 2 aromatic rings. The Labute approximate surface area is 149 Å². The van der Waals surface area contributed by atoms with Gasteiger partial charge in [-0.05, 0) is 35.1 Å². The molecule has 0 atom stereocenters. The van der Waals surface area contributed by atoms with Crippen LogP contribution in [0.5, 0.6) is 5.75 Å². The van der Waals surface area contributed by atoms with E-state index in [0.717, 1.165) is 18.7 Å². The number of rotatable bonds is 5. The topological polar surface area (TPSA) is 41.6 Å². The van der Waals surface area contributed by atoms with E-state index in [2.05, 4.69) is 43.4 Å². The van der Waals surface area contributed by atoms with E-state index in [4.69, 9.17) is 4.74 Å². The standard InChI is InChI=1S/C21H26N2O2/c1-16(2)19-9-5-6-10-20(19)25-14-12-22-21(24)23-13-11-17-7-3-4-8-18(17)15-23/h3-10,16H,11-15H2,1-2H3,(H,22,24). The second kappa shape index (κ2) is 8.06. The number of carbonyl (C=O) groups excluding carboxylic acids is 1. The molecule has 0 saturated heterocycles. The van der Waals surface area contributed by atoms with E-state index in [-0.39, 0.29) is 6.03 Å². The van der Waals surface area contributed by atoms with E-state index in [1.165, 1.54) is 16.7 Å². The molecular weight excluding hydrogens is 312 g/mol. The number of carbonyl (C=O) groups is 1. The van der Waals surface area contributed by atoms with Crippen molar-refractivity contribution in [3.05, 3.63) is 65.2 Å². The van der Waals surface area contributed by atoms with Gasteiger partial charge in [-0.2, -0.15) is 0 Å². The third-order valence-electron chi connectivity index (χ3n) is 4.59. The number of para-hydroxylation sites is 1. The van der Waals surface area contributed by atoms with Crippen LogP contribution in [0.3, 0.4) is 0 Å². The summed E-state index contributed by atoms with van der Waals surface area (Å²) >= 11 is 0. The summed E-state index contributed by atoms with van der Waals surface area (Å²) in [4.78, 5) is 14.2. The van der Waals surface area contributed by atoms with Crippen molar-refractivity contribution >= 4 is 6.03 Å². The second-order valence-corrected chi connectivity index (χ2v) is 6.71. The summed E-state index contributed by atoms with van der Waals surface area (Å²) in [7, 11) is 0. The molecule has 4 heteroatoms. The van der Waals surface area contributed by atoms with Gasteiger partial charge in [0, 0.05) is 13.1 Å². The highest BCUT2D eigenvalue weighted by molar-refractivity contribution is 5.74. The van der Waals surface area contributed by atoms with Crippen molar-refractivity contribution in [2.45, 2.75) is 32.7 Å². The number of hydrogen-bond acceptors (Lipinski definition) is 2. The predicted octanol–water partition coefficient (Wildman–Crippen LogP) is 3.96. The fraction of sp³-hybridized carbons (Fsp3) is 0.381. The lowest BCUT2D eigenvalue weighted by Crippen LogP contribution is -2.43. The first-order valence-electron chi connectivity index (χ1n) is 8.96. The average molecular weight is 338 g/mol. The van der Waals surface area contributed by atoms with E-state index < -0.39 is 0 Å². The predicted molar refractivity (Wildman–Crippen MR) is 100.0 cm³/mol. The van der Waals surface area contributed by atoms with Crippen molar-refractivity contribution in [1.29, 1.82) is 0 Å². The molecule has 0 bridgehead atoms. The first-order valence-corrected chi connectivity index (χ1v) is 8.96. The maximum absolute atomic E-state index is 12.4. The Kier molecular flexibility index (Phi) is 5.59. The number of benzene rings is 2. The molecule has 0 spiro atoms. The SMILES string of the molecule is CC(C)c1ccccc1OCCNC(=O)N1CCc2ccccc2C1. The zero-order chi connectivity index (χ0) is 17.6. The normalized spacial score (nSPS) is 13.5. The van der Waals surface area contributed by atoms with E-state index in [1.807, 2.05) is 29.2 Å². The monoisotopic (exact) mass is 338 g/mol. The van der Waals surface area contributed by atoms with E-state index >= 15 is 0 Å². The summed E-state index contributed by atoms with van der Waals surface area (Å²) in [5.74, 6) is 1.32. The molecular formula is C21H26N2O2. The average Bonchev–Trinajstić information content (AvgIpc) is 2.64. The quantitative estimate of drug-likeness (QED) is 0.839. The van der Waals surface area contributed by atoms with Crippen LogP contribution in [0.15, 0.2) is 48.5 Å². The molecule has 0 saturated carbocycles. The van der Waals surface area contributed by atoms with Gasteiger partial charge in [-0.1, -0.05) is 56.3 Å². The van der Waals surface area contributed by atoms with E-state index in [9.17, 15) is 4.79 Å². The van der Waals surface area contributed by atoms with Gasteiger partial charge < -0.3 is 15.0 Å². The van der Waals surface area contributed by atoms with Crippen LogP contribution < -0.4 is 10.1 Å². The van der Waals surface area contributed by atoms with Crippen molar-refractivity contribution < 1.29 is 9.53 Å². The molecule has 0 radical (unpaired) electrons. The van der Waals surface area contributed by atoms with Crippen LogP contribution >= 0.6 is 0 Å². The Hall–Kier alpha value is -2.49. The van der Waals surface area contributed by atoms with Crippen LogP contribution in [0.2, 0.25) is 0 Å². The van der Waals surface area contributed by atoms with Gasteiger partial charge in [0.2, 0.25) is 0 Å². The molecule has 1 aliphatic heterocycles. The van der Waals surface area contributed by atoms with Gasteiger partial charge in [-0.3, -0.25) is 0 Å². The number of urea groups is 1. The van der Waals surface area contributed by atoms with Gasteiger partial charge in [0.05, 0.1) is 6.54 Å². The minimum Gasteiger partial charge on any atom is -0.491 e. The fourth-order valence-electron chi connectivity index (χ4n) is 3.19. The number of nitrogens with zero attached hydrogens (tertiary/aromatic N) is 1. The first-order chi connectivity index (χ1) is 12.1. The highest BCUT2D eigenvalue weighted by Crippen LogP contribution is 2.25. The van der Waals surface area contributed by atoms with Gasteiger partial charge in [0.15, 0.2) is 0 Å². The maximum atomic E-state index is 12.4. The van der Waals surface area contributed by atoms with Gasteiger partial charge in [0.25, 0.3) is 0 Å². The molecule has 2 amide bonds. The highest BCUT2D eigenvalue weighted by atomic mass is 16.5. The highest BCUT2D eigenvalue weighted by Gasteiger charge is 2.19. The van der Waals surface area contributed by atoms with Crippen LogP contribution in [0.25, 0.3) is 0 Å². The number of ether oxygens (including phenoxy) is 1. The number of nitrogens with one attached hydrogen (secondary N) is 1. The molecule has 0 aromatic heterocycles. The van der Waals surface area contributed by atoms with Gasteiger partial charge in [-0.15, -0.1) is 0 Å². The van der Waals surface area contributed by atoms with Crippen molar-refractivity contribution in [1.82, 2.24) is 10.2 Å². The molecule has 0 aliphatic carbocycles. The Morgan fingerprint density at radius 3 is 2.64 bits per heavy atom. The van der Waals surface area contributed by atoms with Crippen LogP contribution in [-0.4, -0.2) is 30.6 Å². The summed E-state index contributed by atoms with van der Waals surface area (Å²) in [5, 5.41) is 2.96. The van der Waals surface area contributed by atoms with Crippen LogP contribution in [0, 0.1) is 0 Å². The van der Waals surface area contributed by atoms with E-state index in [0.29, 0.717) is 25.6 Å². The number of hydrogen-bond donors (Lipinski definition) is 1. The molecule has 1 aliphatic rings. The molecule has 25 heavy (non-hydrogen) atoms. The lowest BCUT2D eigenvalue weighted by Gasteiger charge is -2.29. The largest absolute Gasteiger partial charge is 0.491 e. The van der Waals surface area contributed by atoms with Crippen LogP contribution in [0.1, 0.15) is 36.5 Å². The molecule has 0 fully saturated rings. The second-order valence-electron chi connectivity index (χ2n) is 6.71. The van der Waals surface area contributed by atoms with Gasteiger partial charge >= 0.3 is 6.03 Å². The molecule has 132 valence electrons. The lowest BCUT2D eigenvalue weighted by molar-refractivity contribution is 0.189. The smallest absolute Gasteiger partial charge is 0.317 e. The minimum atomic E-state index is -0.0183.